The van der Waals surface area contributed by atoms with Gasteiger partial charge in [0.2, 0.25) is 0 Å². The third-order valence-electron chi connectivity index (χ3n) is 3.44. The summed E-state index contributed by atoms with van der Waals surface area (Å²) in [7, 11) is 0. The van der Waals surface area contributed by atoms with Crippen molar-refractivity contribution in [1.82, 2.24) is 0 Å². The van der Waals surface area contributed by atoms with Gasteiger partial charge in [0, 0.05) is 12.8 Å². The molecule has 0 amide bonds. The number of esters is 1. The second-order valence-corrected chi connectivity index (χ2v) is 6.38. The van der Waals surface area contributed by atoms with E-state index >= 15 is 0 Å². The molecule has 0 aliphatic heterocycles. The first kappa shape index (κ1) is 15.2. The second-order valence-electron chi connectivity index (χ2n) is 6.38. The van der Waals surface area contributed by atoms with Crippen molar-refractivity contribution < 1.29 is 14.3 Å². The third-order valence-corrected chi connectivity index (χ3v) is 3.44. The van der Waals surface area contributed by atoms with E-state index in [0.717, 1.165) is 38.5 Å². The number of hydrogen-bond donors (Lipinski definition) is 0. The largest absolute Gasteiger partial charge is 0.465 e. The van der Waals surface area contributed by atoms with Gasteiger partial charge in [-0.3, -0.25) is 9.59 Å². The fraction of sp³-hybridized carbons (Fsp3) is 0.867. The van der Waals surface area contributed by atoms with E-state index in [4.69, 9.17) is 4.74 Å². The van der Waals surface area contributed by atoms with Crippen molar-refractivity contribution in [2.24, 2.45) is 11.3 Å². The molecule has 0 bridgehead atoms. The van der Waals surface area contributed by atoms with Crippen molar-refractivity contribution >= 4 is 11.8 Å². The number of hydrogen-bond acceptors (Lipinski definition) is 3. The summed E-state index contributed by atoms with van der Waals surface area (Å²) >= 11 is 0. The SMILES string of the molecule is CC(C)(C)C(=O)OCCCCC1CCCC(=O)C1. The normalized spacial score (nSPS) is 20.8. The molecule has 1 atom stereocenters. The van der Waals surface area contributed by atoms with Crippen molar-refractivity contribution in [3.63, 3.8) is 0 Å². The maximum Gasteiger partial charge on any atom is 0.311 e. The average Bonchev–Trinajstić information content (AvgIpc) is 2.27. The number of carbonyl (C=O) groups is 2. The Bertz CT molecular complexity index is 289. The van der Waals surface area contributed by atoms with Crippen molar-refractivity contribution in [3.05, 3.63) is 0 Å². The Morgan fingerprint density at radius 1 is 1.33 bits per heavy atom. The highest BCUT2D eigenvalue weighted by Gasteiger charge is 2.23. The van der Waals surface area contributed by atoms with Crippen molar-refractivity contribution in [3.8, 4) is 0 Å². The number of unbranched alkanes of at least 4 members (excludes halogenated alkanes) is 1. The molecule has 1 fully saturated rings. The summed E-state index contributed by atoms with van der Waals surface area (Å²) in [5.41, 5.74) is -0.407. The van der Waals surface area contributed by atoms with Gasteiger partial charge in [0.1, 0.15) is 5.78 Å². The highest BCUT2D eigenvalue weighted by atomic mass is 16.5. The first-order chi connectivity index (χ1) is 8.39. The van der Waals surface area contributed by atoms with Gasteiger partial charge in [0.25, 0.3) is 0 Å². The molecule has 104 valence electrons. The van der Waals surface area contributed by atoms with Gasteiger partial charge in [-0.1, -0.05) is 0 Å². The lowest BCUT2D eigenvalue weighted by Gasteiger charge is -2.20. The quantitative estimate of drug-likeness (QED) is 0.557. The topological polar surface area (TPSA) is 43.4 Å². The van der Waals surface area contributed by atoms with Crippen LogP contribution in [0.4, 0.5) is 0 Å². The molecular weight excluding hydrogens is 228 g/mol. The molecule has 1 aliphatic rings. The van der Waals surface area contributed by atoms with E-state index in [1.807, 2.05) is 20.8 Å². The Morgan fingerprint density at radius 3 is 2.67 bits per heavy atom. The molecule has 0 heterocycles. The van der Waals surface area contributed by atoms with Crippen LogP contribution in [0.1, 0.15) is 65.7 Å². The fourth-order valence-corrected chi connectivity index (χ4v) is 2.28. The summed E-state index contributed by atoms with van der Waals surface area (Å²) in [4.78, 5) is 22.8. The van der Waals surface area contributed by atoms with Gasteiger partial charge in [-0.05, 0) is 58.8 Å². The zero-order chi connectivity index (χ0) is 13.6. The molecule has 0 aromatic heterocycles. The average molecular weight is 254 g/mol. The van der Waals surface area contributed by atoms with E-state index in [2.05, 4.69) is 0 Å². The van der Waals surface area contributed by atoms with Crippen LogP contribution in [-0.2, 0) is 14.3 Å². The first-order valence-corrected chi connectivity index (χ1v) is 7.08. The summed E-state index contributed by atoms with van der Waals surface area (Å²) in [6.45, 7) is 6.10. The summed E-state index contributed by atoms with van der Waals surface area (Å²) < 4.78 is 5.21. The molecule has 1 saturated carbocycles. The Hall–Kier alpha value is -0.860. The Kier molecular flexibility index (Phi) is 5.83. The molecule has 1 unspecified atom stereocenters. The lowest BCUT2D eigenvalue weighted by Crippen LogP contribution is -2.23. The minimum atomic E-state index is -0.407. The van der Waals surface area contributed by atoms with Gasteiger partial charge in [-0.15, -0.1) is 0 Å². The first-order valence-electron chi connectivity index (χ1n) is 7.08. The number of rotatable bonds is 5. The van der Waals surface area contributed by atoms with Gasteiger partial charge in [-0.25, -0.2) is 0 Å². The van der Waals surface area contributed by atoms with Gasteiger partial charge in [0.05, 0.1) is 12.0 Å². The number of carbonyl (C=O) groups excluding carboxylic acids is 2. The van der Waals surface area contributed by atoms with E-state index in [9.17, 15) is 9.59 Å². The number of Topliss-reactive ketones (excluding diaryl/α,β-unsaturated/α-hetero) is 1. The smallest absolute Gasteiger partial charge is 0.311 e. The molecule has 0 radical (unpaired) electrons. The lowest BCUT2D eigenvalue weighted by molar-refractivity contribution is -0.153. The van der Waals surface area contributed by atoms with E-state index in [0.29, 0.717) is 18.3 Å². The third kappa shape index (κ3) is 5.65. The molecule has 1 aliphatic carbocycles. The fourth-order valence-electron chi connectivity index (χ4n) is 2.28. The molecule has 0 aromatic rings. The van der Waals surface area contributed by atoms with Crippen LogP contribution < -0.4 is 0 Å². The maximum atomic E-state index is 11.5. The standard InChI is InChI=1S/C15H26O3/c1-15(2,3)14(17)18-10-5-4-7-12-8-6-9-13(16)11-12/h12H,4-11H2,1-3H3. The van der Waals surface area contributed by atoms with Crippen LogP contribution in [0, 0.1) is 11.3 Å². The van der Waals surface area contributed by atoms with Crippen LogP contribution in [0.15, 0.2) is 0 Å². The van der Waals surface area contributed by atoms with Crippen LogP contribution >= 0.6 is 0 Å². The van der Waals surface area contributed by atoms with Gasteiger partial charge in [0.15, 0.2) is 0 Å². The number of ether oxygens (including phenoxy) is 1. The Morgan fingerprint density at radius 2 is 2.06 bits per heavy atom. The Balaban J connectivity index is 2.05. The minimum absolute atomic E-state index is 0.129. The van der Waals surface area contributed by atoms with Gasteiger partial charge in [-0.2, -0.15) is 0 Å². The van der Waals surface area contributed by atoms with Crippen molar-refractivity contribution in [2.45, 2.75) is 65.7 Å². The van der Waals surface area contributed by atoms with Gasteiger partial charge < -0.3 is 4.74 Å². The zero-order valence-corrected chi connectivity index (χ0v) is 12.0. The summed E-state index contributed by atoms with van der Waals surface area (Å²) in [6, 6.07) is 0. The zero-order valence-electron chi connectivity index (χ0n) is 12.0. The van der Waals surface area contributed by atoms with Crippen LogP contribution in [0.2, 0.25) is 0 Å². The monoisotopic (exact) mass is 254 g/mol. The van der Waals surface area contributed by atoms with E-state index in [1.54, 1.807) is 0 Å². The van der Waals surface area contributed by atoms with Crippen LogP contribution in [0.25, 0.3) is 0 Å². The summed E-state index contributed by atoms with van der Waals surface area (Å²) in [6.07, 6.45) is 6.85. The number of ketones is 1. The molecule has 0 saturated heterocycles. The maximum absolute atomic E-state index is 11.5. The molecule has 3 nitrogen and oxygen atoms in total. The minimum Gasteiger partial charge on any atom is -0.465 e. The molecular formula is C15H26O3. The molecule has 0 N–H and O–H groups in total. The second kappa shape index (κ2) is 6.91. The van der Waals surface area contributed by atoms with Crippen LogP contribution in [0.5, 0.6) is 0 Å². The van der Waals surface area contributed by atoms with Crippen molar-refractivity contribution in [1.29, 1.82) is 0 Å². The predicted molar refractivity (Wildman–Crippen MR) is 71.2 cm³/mol. The van der Waals surface area contributed by atoms with Gasteiger partial charge >= 0.3 is 5.97 Å². The van der Waals surface area contributed by atoms with Crippen LogP contribution in [0.3, 0.4) is 0 Å². The molecule has 1 rings (SSSR count). The highest BCUT2D eigenvalue weighted by Crippen LogP contribution is 2.25. The van der Waals surface area contributed by atoms with Crippen LogP contribution in [-0.4, -0.2) is 18.4 Å². The molecule has 18 heavy (non-hydrogen) atoms. The lowest BCUT2D eigenvalue weighted by atomic mass is 9.85. The van der Waals surface area contributed by atoms with E-state index in [1.165, 1.54) is 6.42 Å². The molecule has 3 heteroatoms. The molecule has 0 aromatic carbocycles. The molecule has 0 spiro atoms. The van der Waals surface area contributed by atoms with E-state index < -0.39 is 5.41 Å². The summed E-state index contributed by atoms with van der Waals surface area (Å²) in [5.74, 6) is 0.866. The highest BCUT2D eigenvalue weighted by molar-refractivity contribution is 5.79. The predicted octanol–water partition coefficient (Wildman–Crippen LogP) is 3.51. The van der Waals surface area contributed by atoms with Crippen molar-refractivity contribution in [2.75, 3.05) is 6.61 Å². The summed E-state index contributed by atoms with van der Waals surface area (Å²) in [5, 5.41) is 0. The van der Waals surface area contributed by atoms with E-state index in [-0.39, 0.29) is 5.97 Å². The Labute approximate surface area is 110 Å².